The van der Waals surface area contributed by atoms with Crippen molar-refractivity contribution >= 4 is 17.3 Å². The van der Waals surface area contributed by atoms with Crippen molar-refractivity contribution in [2.75, 3.05) is 6.54 Å². The van der Waals surface area contributed by atoms with Crippen LogP contribution in [0.4, 0.5) is 5.69 Å². The number of aromatic hydroxyl groups is 1. The highest BCUT2D eigenvalue weighted by Crippen LogP contribution is 2.33. The lowest BCUT2D eigenvalue weighted by Gasteiger charge is -2.34. The van der Waals surface area contributed by atoms with Crippen LogP contribution in [0.5, 0.6) is 5.75 Å². The molecule has 0 spiro atoms. The highest BCUT2D eigenvalue weighted by atomic mass is 35.5. The molecule has 1 rings (SSSR count). The first kappa shape index (κ1) is 15.7. The lowest BCUT2D eigenvalue weighted by molar-refractivity contribution is -0.384. The Labute approximate surface area is 117 Å². The number of non-ortho nitro benzene ring substituents is 1. The molecule has 1 aromatic carbocycles. The summed E-state index contributed by atoms with van der Waals surface area (Å²) in [6, 6.07) is 2.53. The lowest BCUT2D eigenvalue weighted by Crippen LogP contribution is -2.40. The van der Waals surface area contributed by atoms with E-state index in [1.165, 1.54) is 6.07 Å². The molecule has 106 valence electrons. The Balaban J connectivity index is 3.16. The van der Waals surface area contributed by atoms with Gasteiger partial charge in [0, 0.05) is 29.8 Å². The van der Waals surface area contributed by atoms with E-state index in [4.69, 9.17) is 11.6 Å². The van der Waals surface area contributed by atoms with Crippen LogP contribution in [0.2, 0.25) is 5.02 Å². The first-order valence-electron chi connectivity index (χ1n) is 6.07. The first-order valence-corrected chi connectivity index (χ1v) is 6.45. The van der Waals surface area contributed by atoms with E-state index in [-0.39, 0.29) is 22.0 Å². The van der Waals surface area contributed by atoms with Gasteiger partial charge in [0.2, 0.25) is 0 Å². The molecule has 1 aromatic rings. The van der Waals surface area contributed by atoms with Crippen LogP contribution in [0, 0.1) is 10.1 Å². The summed E-state index contributed by atoms with van der Waals surface area (Å²) >= 11 is 5.83. The van der Waals surface area contributed by atoms with Crippen molar-refractivity contribution in [3.8, 4) is 5.75 Å². The summed E-state index contributed by atoms with van der Waals surface area (Å²) in [5, 5.41) is 20.8. The number of hydrogen-bond donors (Lipinski definition) is 1. The molecular weight excluding hydrogens is 268 g/mol. The number of halogens is 1. The van der Waals surface area contributed by atoms with E-state index in [0.717, 1.165) is 12.6 Å². The Hall–Kier alpha value is -1.33. The molecule has 0 saturated carbocycles. The Kier molecular flexibility index (Phi) is 4.76. The molecule has 0 heterocycles. The average molecular weight is 287 g/mol. The smallest absolute Gasteiger partial charge is 0.271 e. The molecule has 6 heteroatoms. The molecule has 0 fully saturated rings. The normalized spacial score (nSPS) is 11.9. The second-order valence-corrected chi connectivity index (χ2v) is 5.78. The van der Waals surface area contributed by atoms with Crippen LogP contribution in [0.3, 0.4) is 0 Å². The van der Waals surface area contributed by atoms with Crippen LogP contribution in [0.15, 0.2) is 12.1 Å². The molecule has 5 nitrogen and oxygen atoms in total. The predicted molar refractivity (Wildman–Crippen MR) is 75.6 cm³/mol. The van der Waals surface area contributed by atoms with E-state index in [0.29, 0.717) is 12.1 Å². The summed E-state index contributed by atoms with van der Waals surface area (Å²) in [7, 11) is 0. The van der Waals surface area contributed by atoms with Gasteiger partial charge in [-0.25, -0.2) is 0 Å². The summed E-state index contributed by atoms with van der Waals surface area (Å²) in [5.74, 6) is -0.0880. The number of phenols is 1. The fraction of sp³-hybridized carbons (Fsp3) is 0.538. The highest BCUT2D eigenvalue weighted by molar-refractivity contribution is 6.32. The number of rotatable bonds is 4. The number of nitrogens with zero attached hydrogens (tertiary/aromatic N) is 2. The molecule has 0 unspecified atom stereocenters. The van der Waals surface area contributed by atoms with Gasteiger partial charge >= 0.3 is 0 Å². The molecule has 0 radical (unpaired) electrons. The Morgan fingerprint density at radius 3 is 2.42 bits per heavy atom. The van der Waals surface area contributed by atoms with Crippen molar-refractivity contribution in [1.29, 1.82) is 0 Å². The molecule has 0 amide bonds. The van der Waals surface area contributed by atoms with Gasteiger partial charge in [-0.05, 0) is 27.3 Å². The van der Waals surface area contributed by atoms with Crippen molar-refractivity contribution in [3.63, 3.8) is 0 Å². The van der Waals surface area contributed by atoms with Crippen molar-refractivity contribution < 1.29 is 10.0 Å². The third kappa shape index (κ3) is 3.81. The van der Waals surface area contributed by atoms with Gasteiger partial charge in [0.05, 0.1) is 9.95 Å². The Morgan fingerprint density at radius 1 is 1.42 bits per heavy atom. The molecule has 0 aliphatic rings. The van der Waals surface area contributed by atoms with E-state index in [1.807, 2.05) is 27.7 Å². The standard InChI is InChI=1S/C13H19ClN2O3/c1-5-15(13(2,3)4)8-9-6-10(16(18)19)7-11(14)12(9)17/h6-7,17H,5,8H2,1-4H3. The minimum Gasteiger partial charge on any atom is -0.506 e. The summed E-state index contributed by atoms with van der Waals surface area (Å²) in [6.07, 6.45) is 0. The van der Waals surface area contributed by atoms with Crippen LogP contribution >= 0.6 is 11.6 Å². The van der Waals surface area contributed by atoms with Crippen LogP contribution in [0.25, 0.3) is 0 Å². The Morgan fingerprint density at radius 2 is 2.00 bits per heavy atom. The fourth-order valence-corrected chi connectivity index (χ4v) is 2.13. The van der Waals surface area contributed by atoms with Crippen molar-refractivity contribution in [2.24, 2.45) is 0 Å². The molecule has 1 N–H and O–H groups in total. The largest absolute Gasteiger partial charge is 0.506 e. The maximum atomic E-state index is 10.8. The minimum absolute atomic E-state index is 0.00848. The molecule has 0 saturated heterocycles. The van der Waals surface area contributed by atoms with E-state index >= 15 is 0 Å². The molecule has 0 bridgehead atoms. The summed E-state index contributed by atoms with van der Waals surface area (Å²) in [5.41, 5.74) is 0.261. The summed E-state index contributed by atoms with van der Waals surface area (Å²) in [6.45, 7) is 9.32. The average Bonchev–Trinajstić information content (AvgIpc) is 2.28. The molecule has 0 atom stereocenters. The van der Waals surface area contributed by atoms with Gasteiger partial charge in [-0.1, -0.05) is 18.5 Å². The zero-order chi connectivity index (χ0) is 14.8. The molecular formula is C13H19ClN2O3. The maximum Gasteiger partial charge on any atom is 0.271 e. The zero-order valence-electron chi connectivity index (χ0n) is 11.6. The maximum absolute atomic E-state index is 10.8. The van der Waals surface area contributed by atoms with E-state index in [2.05, 4.69) is 4.90 Å². The van der Waals surface area contributed by atoms with Crippen molar-refractivity contribution in [2.45, 2.75) is 39.8 Å². The van der Waals surface area contributed by atoms with Crippen molar-refractivity contribution in [3.05, 3.63) is 32.8 Å². The van der Waals surface area contributed by atoms with Gasteiger partial charge in [0.15, 0.2) is 0 Å². The molecule has 0 aliphatic heterocycles. The van der Waals surface area contributed by atoms with Crippen LogP contribution in [-0.2, 0) is 6.54 Å². The number of hydrogen-bond acceptors (Lipinski definition) is 4. The third-order valence-corrected chi connectivity index (χ3v) is 3.32. The molecule has 0 aromatic heterocycles. The SMILES string of the molecule is CCN(Cc1cc([N+](=O)[O-])cc(Cl)c1O)C(C)(C)C. The van der Waals surface area contributed by atoms with Crippen molar-refractivity contribution in [1.82, 2.24) is 4.90 Å². The number of nitro groups is 1. The summed E-state index contributed by atoms with van der Waals surface area (Å²) in [4.78, 5) is 12.4. The quantitative estimate of drug-likeness (QED) is 0.679. The van der Waals surface area contributed by atoms with Crippen LogP contribution in [-0.4, -0.2) is 27.0 Å². The third-order valence-electron chi connectivity index (χ3n) is 3.03. The monoisotopic (exact) mass is 286 g/mol. The fourth-order valence-electron chi connectivity index (χ4n) is 1.89. The van der Waals surface area contributed by atoms with E-state index in [9.17, 15) is 15.2 Å². The van der Waals surface area contributed by atoms with Gasteiger partial charge in [-0.2, -0.15) is 0 Å². The topological polar surface area (TPSA) is 66.6 Å². The number of benzene rings is 1. The van der Waals surface area contributed by atoms with Crippen LogP contribution in [0.1, 0.15) is 33.3 Å². The Bertz CT molecular complexity index is 484. The van der Waals surface area contributed by atoms with E-state index < -0.39 is 4.92 Å². The minimum atomic E-state index is -0.512. The zero-order valence-corrected chi connectivity index (χ0v) is 12.4. The van der Waals surface area contributed by atoms with Gasteiger partial charge in [-0.15, -0.1) is 0 Å². The number of nitro benzene ring substituents is 1. The van der Waals surface area contributed by atoms with Gasteiger partial charge in [0.1, 0.15) is 5.75 Å². The highest BCUT2D eigenvalue weighted by Gasteiger charge is 2.23. The van der Waals surface area contributed by atoms with E-state index in [1.54, 1.807) is 0 Å². The second-order valence-electron chi connectivity index (χ2n) is 5.38. The summed E-state index contributed by atoms with van der Waals surface area (Å²) < 4.78 is 0. The molecule has 19 heavy (non-hydrogen) atoms. The predicted octanol–water partition coefficient (Wildman–Crippen LogP) is 3.57. The lowest BCUT2D eigenvalue weighted by atomic mass is 10.0. The number of phenolic OH excluding ortho intramolecular Hbond substituents is 1. The molecule has 0 aliphatic carbocycles. The first-order chi connectivity index (χ1) is 8.66. The second kappa shape index (κ2) is 5.75. The van der Waals surface area contributed by atoms with Gasteiger partial charge in [-0.3, -0.25) is 15.0 Å². The van der Waals surface area contributed by atoms with Gasteiger partial charge < -0.3 is 5.11 Å². The van der Waals surface area contributed by atoms with Gasteiger partial charge in [0.25, 0.3) is 5.69 Å². The van der Waals surface area contributed by atoms with Crippen LogP contribution < -0.4 is 0 Å².